The summed E-state index contributed by atoms with van der Waals surface area (Å²) in [7, 11) is 1.62. The molecule has 22 heavy (non-hydrogen) atoms. The monoisotopic (exact) mass is 301 g/mol. The molecule has 3 rings (SSSR count). The van der Waals surface area contributed by atoms with Crippen LogP contribution >= 0.6 is 0 Å². The van der Waals surface area contributed by atoms with Crippen LogP contribution in [0.4, 0.5) is 0 Å². The topological polar surface area (TPSA) is 88.8 Å². The molecule has 0 saturated heterocycles. The van der Waals surface area contributed by atoms with E-state index < -0.39 is 11.9 Å². The number of fused-ring (bicyclic) bond motifs is 1. The van der Waals surface area contributed by atoms with Gasteiger partial charge in [-0.15, -0.1) is 0 Å². The quantitative estimate of drug-likeness (QED) is 0.905. The molecule has 1 heterocycles. The molecule has 1 aromatic carbocycles. The lowest BCUT2D eigenvalue weighted by molar-refractivity contribution is 0.0695. The first-order valence-corrected chi connectivity index (χ1v) is 6.88. The number of rotatable bonds is 4. The minimum atomic E-state index is -1.13. The molecule has 2 N–H and O–H groups in total. The van der Waals surface area contributed by atoms with Gasteiger partial charge in [-0.3, -0.25) is 4.79 Å². The van der Waals surface area contributed by atoms with E-state index in [-0.39, 0.29) is 17.4 Å². The molecule has 0 aliphatic heterocycles. The van der Waals surface area contributed by atoms with Crippen molar-refractivity contribution in [3.8, 4) is 5.75 Å². The van der Waals surface area contributed by atoms with Crippen molar-refractivity contribution >= 4 is 11.9 Å². The van der Waals surface area contributed by atoms with Gasteiger partial charge in [-0.1, -0.05) is 12.1 Å². The number of carboxylic acid groups (broad SMARTS) is 1. The van der Waals surface area contributed by atoms with Crippen molar-refractivity contribution in [2.24, 2.45) is 0 Å². The molecule has 1 aromatic heterocycles. The van der Waals surface area contributed by atoms with Crippen molar-refractivity contribution in [1.29, 1.82) is 0 Å². The van der Waals surface area contributed by atoms with E-state index in [9.17, 15) is 9.59 Å². The van der Waals surface area contributed by atoms with E-state index in [0.29, 0.717) is 0 Å². The van der Waals surface area contributed by atoms with E-state index in [1.54, 1.807) is 7.11 Å². The van der Waals surface area contributed by atoms with Crippen LogP contribution in [0.1, 0.15) is 44.5 Å². The van der Waals surface area contributed by atoms with Crippen molar-refractivity contribution in [3.05, 3.63) is 53.0 Å². The second kappa shape index (κ2) is 5.55. The van der Waals surface area contributed by atoms with E-state index in [0.717, 1.165) is 36.0 Å². The van der Waals surface area contributed by atoms with Gasteiger partial charge in [-0.2, -0.15) is 0 Å². The minimum Gasteiger partial charge on any atom is -0.496 e. The fraction of sp³-hybridized carbons (Fsp3) is 0.250. The van der Waals surface area contributed by atoms with Gasteiger partial charge in [0, 0.05) is 6.07 Å². The molecule has 0 bridgehead atoms. The van der Waals surface area contributed by atoms with Crippen LogP contribution in [0.3, 0.4) is 0 Å². The number of methoxy groups -OCH3 is 1. The van der Waals surface area contributed by atoms with E-state index in [2.05, 4.69) is 5.32 Å². The van der Waals surface area contributed by atoms with E-state index >= 15 is 0 Å². The zero-order valence-corrected chi connectivity index (χ0v) is 12.0. The molecule has 1 aliphatic carbocycles. The summed E-state index contributed by atoms with van der Waals surface area (Å²) < 4.78 is 10.3. The van der Waals surface area contributed by atoms with Crippen LogP contribution < -0.4 is 10.1 Å². The highest BCUT2D eigenvalue weighted by Crippen LogP contribution is 2.36. The van der Waals surface area contributed by atoms with Crippen LogP contribution in [0.25, 0.3) is 0 Å². The Morgan fingerprint density at radius 3 is 2.91 bits per heavy atom. The molecule has 1 amide bonds. The zero-order valence-electron chi connectivity index (χ0n) is 12.0. The van der Waals surface area contributed by atoms with Gasteiger partial charge in [0.1, 0.15) is 12.0 Å². The van der Waals surface area contributed by atoms with Crippen molar-refractivity contribution in [2.45, 2.75) is 18.9 Å². The van der Waals surface area contributed by atoms with Crippen LogP contribution in [-0.2, 0) is 6.42 Å². The Bertz CT molecular complexity index is 734. The van der Waals surface area contributed by atoms with Gasteiger partial charge in [0.25, 0.3) is 5.91 Å². The highest BCUT2D eigenvalue weighted by Gasteiger charge is 2.27. The average molecular weight is 301 g/mol. The summed E-state index contributed by atoms with van der Waals surface area (Å²) in [5, 5.41) is 11.7. The molecule has 0 radical (unpaired) electrons. The average Bonchev–Trinajstić information content (AvgIpc) is 3.14. The van der Waals surface area contributed by atoms with Gasteiger partial charge in [0.15, 0.2) is 5.76 Å². The first-order chi connectivity index (χ1) is 10.6. The van der Waals surface area contributed by atoms with Gasteiger partial charge in [-0.05, 0) is 30.0 Å². The number of carbonyl (C=O) groups excluding carboxylic acids is 1. The predicted octanol–water partition coefficient (Wildman–Crippen LogP) is 2.40. The first-order valence-electron chi connectivity index (χ1n) is 6.88. The number of carboxylic acids is 1. The number of ether oxygens (including phenoxy) is 1. The second-order valence-electron chi connectivity index (χ2n) is 5.10. The molecular weight excluding hydrogens is 286 g/mol. The fourth-order valence-corrected chi connectivity index (χ4v) is 2.76. The molecule has 0 fully saturated rings. The molecule has 1 atom stereocenters. The van der Waals surface area contributed by atoms with Crippen molar-refractivity contribution in [2.75, 3.05) is 7.11 Å². The molecule has 2 aromatic rings. The van der Waals surface area contributed by atoms with Crippen LogP contribution in [0, 0.1) is 0 Å². The maximum absolute atomic E-state index is 12.2. The predicted molar refractivity (Wildman–Crippen MR) is 77.2 cm³/mol. The van der Waals surface area contributed by atoms with E-state index in [4.69, 9.17) is 14.3 Å². The van der Waals surface area contributed by atoms with Crippen molar-refractivity contribution < 1.29 is 23.8 Å². The summed E-state index contributed by atoms with van der Waals surface area (Å²) in [5.74, 6) is -0.735. The Balaban J connectivity index is 1.78. The number of hydrogen-bond acceptors (Lipinski definition) is 4. The molecule has 1 aliphatic rings. The maximum Gasteiger partial charge on any atom is 0.338 e. The third-order valence-electron chi connectivity index (χ3n) is 3.82. The minimum absolute atomic E-state index is 0.00579. The van der Waals surface area contributed by atoms with Crippen molar-refractivity contribution in [3.63, 3.8) is 0 Å². The van der Waals surface area contributed by atoms with Gasteiger partial charge >= 0.3 is 5.97 Å². The molecule has 6 heteroatoms. The number of aromatic carboxylic acids is 1. The summed E-state index contributed by atoms with van der Waals surface area (Å²) in [6, 6.07) is 6.84. The molecular formula is C16H15NO5. The van der Waals surface area contributed by atoms with E-state index in [1.807, 2.05) is 18.2 Å². The number of furan rings is 1. The van der Waals surface area contributed by atoms with Gasteiger partial charge in [0.2, 0.25) is 0 Å². The zero-order chi connectivity index (χ0) is 15.7. The summed E-state index contributed by atoms with van der Waals surface area (Å²) >= 11 is 0. The van der Waals surface area contributed by atoms with Crippen LogP contribution in [0.2, 0.25) is 0 Å². The number of nitrogens with one attached hydrogen (secondary N) is 1. The normalized spacial score (nSPS) is 16.1. The number of carbonyl (C=O) groups is 2. The lowest BCUT2D eigenvalue weighted by Crippen LogP contribution is -2.26. The van der Waals surface area contributed by atoms with E-state index in [1.165, 1.54) is 6.07 Å². The summed E-state index contributed by atoms with van der Waals surface area (Å²) in [6.45, 7) is 0. The number of benzene rings is 1. The smallest absolute Gasteiger partial charge is 0.338 e. The lowest BCUT2D eigenvalue weighted by atomic mass is 10.1. The Morgan fingerprint density at radius 1 is 1.41 bits per heavy atom. The number of amides is 1. The highest BCUT2D eigenvalue weighted by molar-refractivity contribution is 5.95. The van der Waals surface area contributed by atoms with Crippen LogP contribution in [0.5, 0.6) is 5.75 Å². The fourth-order valence-electron chi connectivity index (χ4n) is 2.76. The number of hydrogen-bond donors (Lipinski definition) is 2. The summed E-state index contributed by atoms with van der Waals surface area (Å²) in [5.41, 5.74) is 2.08. The largest absolute Gasteiger partial charge is 0.496 e. The standard InChI is InChI=1S/C16H15NO5/c1-21-13-4-2-3-10-11(13)5-6-12(10)17-15(18)14-7-9(8-22-14)16(19)20/h2-4,7-8,12H,5-6H2,1H3,(H,17,18)(H,19,20). The van der Waals surface area contributed by atoms with Crippen LogP contribution in [0.15, 0.2) is 34.9 Å². The Kier molecular flexibility index (Phi) is 3.58. The summed E-state index contributed by atoms with van der Waals surface area (Å²) in [6.07, 6.45) is 2.65. The van der Waals surface area contributed by atoms with Crippen LogP contribution in [-0.4, -0.2) is 24.1 Å². The SMILES string of the molecule is COc1cccc2c1CCC2NC(=O)c1cc(C(=O)O)co1. The Hall–Kier alpha value is -2.76. The van der Waals surface area contributed by atoms with Gasteiger partial charge in [0.05, 0.1) is 18.7 Å². The molecule has 114 valence electrons. The van der Waals surface area contributed by atoms with Gasteiger partial charge < -0.3 is 19.6 Å². The summed E-state index contributed by atoms with van der Waals surface area (Å²) in [4.78, 5) is 23.0. The third-order valence-corrected chi connectivity index (χ3v) is 3.82. The molecule has 0 saturated carbocycles. The second-order valence-corrected chi connectivity index (χ2v) is 5.10. The van der Waals surface area contributed by atoms with Gasteiger partial charge in [-0.25, -0.2) is 4.79 Å². The molecule has 1 unspecified atom stereocenters. The molecule has 0 spiro atoms. The Labute approximate surface area is 126 Å². The Morgan fingerprint density at radius 2 is 2.23 bits per heavy atom. The lowest BCUT2D eigenvalue weighted by Gasteiger charge is -2.13. The van der Waals surface area contributed by atoms with Crippen molar-refractivity contribution in [1.82, 2.24) is 5.32 Å². The maximum atomic E-state index is 12.2. The third kappa shape index (κ3) is 2.43. The molecule has 6 nitrogen and oxygen atoms in total. The first kappa shape index (κ1) is 14.2. The highest BCUT2D eigenvalue weighted by atomic mass is 16.5.